The highest BCUT2D eigenvalue weighted by atomic mass is 32.2. The van der Waals surface area contributed by atoms with Crippen LogP contribution in [0.4, 0.5) is 15.8 Å². The van der Waals surface area contributed by atoms with Gasteiger partial charge in [-0.15, -0.1) is 11.3 Å². The summed E-state index contributed by atoms with van der Waals surface area (Å²) in [6, 6.07) is 25.1. The molecule has 2 aromatic heterocycles. The third kappa shape index (κ3) is 8.65. The number of hydrogen-bond acceptors (Lipinski definition) is 9. The van der Waals surface area contributed by atoms with Gasteiger partial charge in [0.1, 0.15) is 12.2 Å². The zero-order chi connectivity index (χ0) is 31.6. The number of rotatable bonds is 14. The fraction of sp³-hybridized carbons (Fsp3) is 0.182. The first-order valence-corrected chi connectivity index (χ1v) is 15.7. The Morgan fingerprint density at radius 2 is 1.80 bits per heavy atom. The number of aromatic nitrogens is 1. The average molecular weight is 647 g/mol. The first-order chi connectivity index (χ1) is 21.9. The number of pyridine rings is 1. The van der Waals surface area contributed by atoms with E-state index in [0.29, 0.717) is 11.4 Å². The molecule has 0 aliphatic carbocycles. The van der Waals surface area contributed by atoms with Crippen molar-refractivity contribution >= 4 is 56.8 Å². The summed E-state index contributed by atoms with van der Waals surface area (Å²) in [4.78, 5) is 36.4. The molecule has 2 amide bonds. The van der Waals surface area contributed by atoms with Crippen LogP contribution in [0.25, 0.3) is 20.7 Å². The van der Waals surface area contributed by atoms with Crippen LogP contribution in [-0.4, -0.2) is 43.3 Å². The fourth-order valence-electron chi connectivity index (χ4n) is 4.39. The summed E-state index contributed by atoms with van der Waals surface area (Å²) in [6.07, 6.45) is 1.24. The Morgan fingerprint density at radius 1 is 1.00 bits per heavy atom. The highest BCUT2D eigenvalue weighted by Crippen LogP contribution is 2.39. The number of fused-ring (bicyclic) bond motifs is 1. The predicted octanol–water partition coefficient (Wildman–Crippen LogP) is 7.20. The van der Waals surface area contributed by atoms with Gasteiger partial charge < -0.3 is 20.3 Å². The quantitative estimate of drug-likeness (QED) is 0.0430. The zero-order valence-electron chi connectivity index (χ0n) is 24.6. The number of halogens is 1. The third-order valence-corrected chi connectivity index (χ3v) is 8.48. The number of ether oxygens (including phenoxy) is 1. The lowest BCUT2D eigenvalue weighted by atomic mass is 10.1. The van der Waals surface area contributed by atoms with Crippen LogP contribution in [0.3, 0.4) is 0 Å². The van der Waals surface area contributed by atoms with Gasteiger partial charge in [0.15, 0.2) is 11.6 Å². The van der Waals surface area contributed by atoms with Gasteiger partial charge in [0, 0.05) is 72.5 Å². The molecule has 5 aromatic rings. The van der Waals surface area contributed by atoms with Gasteiger partial charge in [-0.1, -0.05) is 42.5 Å². The summed E-state index contributed by atoms with van der Waals surface area (Å²) in [6.45, 7) is 1.52. The Labute approximate surface area is 268 Å². The van der Waals surface area contributed by atoms with Crippen molar-refractivity contribution in [3.05, 3.63) is 103 Å². The Morgan fingerprint density at radius 3 is 2.56 bits per heavy atom. The van der Waals surface area contributed by atoms with E-state index in [4.69, 9.17) is 9.07 Å². The van der Waals surface area contributed by atoms with Crippen LogP contribution in [0.1, 0.15) is 12.0 Å². The van der Waals surface area contributed by atoms with Gasteiger partial charge in [0.05, 0.1) is 17.3 Å². The smallest absolute Gasteiger partial charge is 0.236 e. The SMILES string of the molecule is COOSCCNCc1ccc(-c2cc3nccc(Oc4ccc(NC(=O)CC(=O)N(C)c5ccccc5)cc4F)c3s2)cc1. The summed E-state index contributed by atoms with van der Waals surface area (Å²) in [5, 5.41) is 5.94. The molecule has 3 aromatic carbocycles. The van der Waals surface area contributed by atoms with Crippen LogP contribution in [0.2, 0.25) is 0 Å². The maximum absolute atomic E-state index is 15.1. The van der Waals surface area contributed by atoms with Crippen molar-refractivity contribution in [2.24, 2.45) is 0 Å². The van der Waals surface area contributed by atoms with E-state index in [0.717, 1.165) is 45.1 Å². The number of carbonyl (C=O) groups excluding carboxylic acids is 2. The molecule has 2 heterocycles. The molecule has 0 saturated carbocycles. The number of amides is 2. The summed E-state index contributed by atoms with van der Waals surface area (Å²) in [7, 11) is 3.08. The Balaban J connectivity index is 1.20. The van der Waals surface area contributed by atoms with E-state index in [1.807, 2.05) is 24.3 Å². The average Bonchev–Trinajstić information content (AvgIpc) is 3.50. The second-order valence-corrected chi connectivity index (χ2v) is 11.7. The normalized spacial score (nSPS) is 11.0. The Bertz CT molecular complexity index is 1750. The van der Waals surface area contributed by atoms with E-state index in [-0.39, 0.29) is 23.8 Å². The number of carbonyl (C=O) groups is 2. The highest BCUT2D eigenvalue weighted by molar-refractivity contribution is 7.94. The van der Waals surface area contributed by atoms with E-state index in [1.54, 1.807) is 31.4 Å². The minimum Gasteiger partial charge on any atom is -0.453 e. The second kappa shape index (κ2) is 15.6. The lowest BCUT2D eigenvalue weighted by Crippen LogP contribution is -2.30. The topological polar surface area (TPSA) is 102 Å². The highest BCUT2D eigenvalue weighted by Gasteiger charge is 2.17. The van der Waals surface area contributed by atoms with Crippen molar-refractivity contribution in [3.8, 4) is 21.9 Å². The van der Waals surface area contributed by atoms with E-state index < -0.39 is 11.7 Å². The van der Waals surface area contributed by atoms with Crippen molar-refractivity contribution in [3.63, 3.8) is 0 Å². The summed E-state index contributed by atoms with van der Waals surface area (Å²) in [5.74, 6) is -0.350. The number of nitrogens with one attached hydrogen (secondary N) is 2. The van der Waals surface area contributed by atoms with Crippen LogP contribution < -0.4 is 20.3 Å². The fourth-order valence-corrected chi connectivity index (χ4v) is 5.85. The van der Waals surface area contributed by atoms with Crippen molar-refractivity contribution in [1.82, 2.24) is 10.3 Å². The number of hydrogen-bond donors (Lipinski definition) is 2. The molecule has 12 heteroatoms. The molecule has 232 valence electrons. The molecule has 0 spiro atoms. The summed E-state index contributed by atoms with van der Waals surface area (Å²) < 4.78 is 26.6. The summed E-state index contributed by atoms with van der Waals surface area (Å²) >= 11 is 2.76. The number of thiophene rings is 1. The molecule has 0 radical (unpaired) electrons. The van der Waals surface area contributed by atoms with E-state index in [9.17, 15) is 9.59 Å². The van der Waals surface area contributed by atoms with Crippen LogP contribution in [-0.2, 0) is 25.4 Å². The molecule has 5 rings (SSSR count). The van der Waals surface area contributed by atoms with Crippen LogP contribution in [0.15, 0.2) is 91.1 Å². The van der Waals surface area contributed by atoms with Crippen LogP contribution in [0, 0.1) is 5.82 Å². The number of nitrogens with zero attached hydrogens (tertiary/aromatic N) is 2. The van der Waals surface area contributed by atoms with Gasteiger partial charge >= 0.3 is 0 Å². The molecular weight excluding hydrogens is 616 g/mol. The van der Waals surface area contributed by atoms with Gasteiger partial charge in [-0.2, -0.15) is 4.33 Å². The lowest BCUT2D eigenvalue weighted by Gasteiger charge is -2.17. The standard InChI is InChI=1S/C33H31FN4O5S2/c1-38(25-6-4-3-5-7-25)32(40)20-31(39)37-24-12-13-28(26(34)18-24)42-29-14-15-36-27-19-30(45-33(27)29)23-10-8-22(9-11-23)21-35-16-17-44-43-41-2/h3-15,18-19,35H,16-17,20-21H2,1-2H3,(H,37,39). The molecule has 0 unspecified atom stereocenters. The molecule has 0 saturated heterocycles. The van der Waals surface area contributed by atoms with E-state index in [2.05, 4.69) is 44.8 Å². The van der Waals surface area contributed by atoms with Crippen molar-refractivity contribution in [1.29, 1.82) is 0 Å². The maximum Gasteiger partial charge on any atom is 0.236 e. The molecule has 0 aliphatic heterocycles. The first-order valence-electron chi connectivity index (χ1n) is 14.0. The zero-order valence-corrected chi connectivity index (χ0v) is 26.3. The maximum atomic E-state index is 15.1. The number of anilines is 2. The minimum absolute atomic E-state index is 0.000582. The van der Waals surface area contributed by atoms with Gasteiger partial charge in [-0.05, 0) is 41.5 Å². The molecule has 0 aliphatic rings. The molecular formula is C33H31FN4O5S2. The van der Waals surface area contributed by atoms with Crippen LogP contribution >= 0.6 is 23.4 Å². The summed E-state index contributed by atoms with van der Waals surface area (Å²) in [5.41, 5.74) is 3.82. The molecule has 2 N–H and O–H groups in total. The number of para-hydroxylation sites is 1. The minimum atomic E-state index is -0.656. The number of benzene rings is 3. The van der Waals surface area contributed by atoms with E-state index >= 15 is 4.39 Å². The predicted molar refractivity (Wildman–Crippen MR) is 177 cm³/mol. The van der Waals surface area contributed by atoms with E-state index in [1.165, 1.54) is 53.6 Å². The molecule has 0 bridgehead atoms. The Hall–Kier alpha value is -4.33. The lowest BCUT2D eigenvalue weighted by molar-refractivity contribution is -0.160. The molecule has 45 heavy (non-hydrogen) atoms. The van der Waals surface area contributed by atoms with Gasteiger partial charge in [0.25, 0.3) is 0 Å². The van der Waals surface area contributed by atoms with Gasteiger partial charge in [0.2, 0.25) is 11.8 Å². The van der Waals surface area contributed by atoms with Gasteiger partial charge in [-0.25, -0.2) is 9.28 Å². The first kappa shape index (κ1) is 32.1. The van der Waals surface area contributed by atoms with Crippen molar-refractivity contribution in [2.75, 3.05) is 36.7 Å². The largest absolute Gasteiger partial charge is 0.453 e. The molecule has 9 nitrogen and oxygen atoms in total. The molecule has 0 atom stereocenters. The van der Waals surface area contributed by atoms with Crippen molar-refractivity contribution < 1.29 is 27.9 Å². The molecule has 0 fully saturated rings. The monoisotopic (exact) mass is 646 g/mol. The van der Waals surface area contributed by atoms with Gasteiger partial charge in [-0.3, -0.25) is 14.6 Å². The third-order valence-electron chi connectivity index (χ3n) is 6.69. The second-order valence-electron chi connectivity index (χ2n) is 9.83. The Kier molecular flexibility index (Phi) is 11.1. The van der Waals surface area contributed by atoms with Crippen molar-refractivity contribution in [2.45, 2.75) is 13.0 Å². The van der Waals surface area contributed by atoms with Crippen LogP contribution in [0.5, 0.6) is 11.5 Å².